The monoisotopic (exact) mass is 298 g/mol. The summed E-state index contributed by atoms with van der Waals surface area (Å²) in [6.45, 7) is 16.6. The van der Waals surface area contributed by atoms with Gasteiger partial charge in [-0.2, -0.15) is 0 Å². The van der Waals surface area contributed by atoms with E-state index in [-0.39, 0.29) is 5.60 Å². The molecule has 0 radical (unpaired) electrons. The molecule has 1 N–H and O–H groups in total. The van der Waals surface area contributed by atoms with Crippen LogP contribution in [0, 0.1) is 11.8 Å². The van der Waals surface area contributed by atoms with E-state index in [0.717, 1.165) is 19.1 Å². The molecule has 116 valence electrons. The summed E-state index contributed by atoms with van der Waals surface area (Å²) in [4.78, 5) is 10.3. The maximum atomic E-state index is 10.3. The van der Waals surface area contributed by atoms with Crippen molar-refractivity contribution in [2.75, 3.05) is 6.61 Å². The molecule has 0 rings (SSSR count). The van der Waals surface area contributed by atoms with Crippen LogP contribution in [0.25, 0.3) is 0 Å². The topological polar surface area (TPSA) is 46.5 Å². The van der Waals surface area contributed by atoms with E-state index in [9.17, 15) is 4.79 Å². The van der Waals surface area contributed by atoms with Gasteiger partial charge >= 0.3 is 5.97 Å². The zero-order chi connectivity index (χ0) is 16.0. The molecule has 0 aliphatic heterocycles. The van der Waals surface area contributed by atoms with Crippen molar-refractivity contribution in [3.63, 3.8) is 0 Å². The lowest BCUT2D eigenvalue weighted by Crippen LogP contribution is -2.39. The van der Waals surface area contributed by atoms with Crippen molar-refractivity contribution in [2.45, 2.75) is 77.2 Å². The highest BCUT2D eigenvalue weighted by Gasteiger charge is 2.34. The Hall–Kier alpha value is -0.793. The van der Waals surface area contributed by atoms with Gasteiger partial charge in [-0.25, -0.2) is 4.79 Å². The lowest BCUT2D eigenvalue weighted by molar-refractivity contribution is -0.130. The number of aliphatic carboxylic acids is 1. The predicted molar refractivity (Wildman–Crippen MR) is 86.7 cm³/mol. The minimum atomic E-state index is -1.29. The molecule has 20 heavy (non-hydrogen) atoms. The first-order valence-electron chi connectivity index (χ1n) is 7.23. The molecule has 0 aromatic heterocycles. The summed E-state index contributed by atoms with van der Waals surface area (Å²) < 4.78 is 5.99. The number of carboxylic acid groups (broad SMARTS) is 1. The number of rotatable bonds is 6. The van der Waals surface area contributed by atoms with Gasteiger partial charge < -0.3 is 9.84 Å². The smallest absolute Gasteiger partial charge is 0.381 e. The Morgan fingerprint density at radius 1 is 1.20 bits per heavy atom. The molecule has 0 saturated heterocycles. The van der Waals surface area contributed by atoms with Crippen LogP contribution in [0.4, 0.5) is 0 Å². The molecule has 0 aromatic rings. The van der Waals surface area contributed by atoms with Crippen molar-refractivity contribution in [3.8, 4) is 11.8 Å². The summed E-state index contributed by atoms with van der Waals surface area (Å²) in [5.41, 5.74) is -0.241. The summed E-state index contributed by atoms with van der Waals surface area (Å²) in [5.74, 6) is 3.72. The maximum absolute atomic E-state index is 10.3. The Kier molecular flexibility index (Phi) is 6.99. The second kappa shape index (κ2) is 7.28. The molecule has 0 aliphatic rings. The minimum absolute atomic E-state index is 0.241. The number of hydrogen-bond donors (Lipinski definition) is 1. The van der Waals surface area contributed by atoms with Crippen LogP contribution in [0.15, 0.2) is 0 Å². The average molecular weight is 298 g/mol. The maximum Gasteiger partial charge on any atom is 0.381 e. The van der Waals surface area contributed by atoms with Gasteiger partial charge in [-0.15, -0.1) is 0 Å². The summed E-state index contributed by atoms with van der Waals surface area (Å²) in [6, 6.07) is 1.14. The van der Waals surface area contributed by atoms with Crippen molar-refractivity contribution < 1.29 is 14.6 Å². The van der Waals surface area contributed by atoms with E-state index in [4.69, 9.17) is 9.84 Å². The van der Waals surface area contributed by atoms with Crippen LogP contribution in [0.1, 0.15) is 47.5 Å². The SMILES string of the molecule is CC(C)(CCC#CC(=O)O)OCC[Si](C)(C)C(C)(C)C. The lowest BCUT2D eigenvalue weighted by atomic mass is 10.0. The summed E-state index contributed by atoms with van der Waals surface area (Å²) >= 11 is 0. The molecule has 0 saturated carbocycles. The first-order chi connectivity index (χ1) is 8.87. The van der Waals surface area contributed by atoms with E-state index in [0.29, 0.717) is 11.5 Å². The molecule has 0 amide bonds. The zero-order valence-electron chi connectivity index (χ0n) is 14.1. The second-order valence-corrected chi connectivity index (χ2v) is 13.4. The van der Waals surface area contributed by atoms with Gasteiger partial charge in [0.2, 0.25) is 0 Å². The summed E-state index contributed by atoms with van der Waals surface area (Å²) in [7, 11) is -1.29. The molecule has 0 aromatic carbocycles. The molecule has 0 aliphatic carbocycles. The molecule has 3 nitrogen and oxygen atoms in total. The van der Waals surface area contributed by atoms with Crippen LogP contribution < -0.4 is 0 Å². The van der Waals surface area contributed by atoms with E-state index < -0.39 is 14.0 Å². The molecular weight excluding hydrogens is 268 g/mol. The highest BCUT2D eigenvalue weighted by Crippen LogP contribution is 2.38. The largest absolute Gasteiger partial charge is 0.472 e. The van der Waals surface area contributed by atoms with E-state index in [2.05, 4.69) is 45.7 Å². The molecular formula is C16H30O3Si. The van der Waals surface area contributed by atoms with Crippen molar-refractivity contribution in [3.05, 3.63) is 0 Å². The number of carbonyl (C=O) groups is 1. The highest BCUT2D eigenvalue weighted by molar-refractivity contribution is 6.80. The lowest BCUT2D eigenvalue weighted by Gasteiger charge is -2.38. The third kappa shape index (κ3) is 7.71. The van der Waals surface area contributed by atoms with Gasteiger partial charge in [0.1, 0.15) is 0 Å². The number of ether oxygens (including phenoxy) is 1. The normalized spacial score (nSPS) is 12.8. The van der Waals surface area contributed by atoms with Gasteiger partial charge in [-0.1, -0.05) is 39.8 Å². The summed E-state index contributed by atoms with van der Waals surface area (Å²) in [6.07, 6.45) is 1.31. The van der Waals surface area contributed by atoms with Crippen molar-refractivity contribution in [1.82, 2.24) is 0 Å². The fraction of sp³-hybridized carbons (Fsp3) is 0.812. The van der Waals surface area contributed by atoms with Crippen molar-refractivity contribution in [2.24, 2.45) is 0 Å². The zero-order valence-corrected chi connectivity index (χ0v) is 15.1. The molecule has 0 heterocycles. The Morgan fingerprint density at radius 3 is 2.20 bits per heavy atom. The van der Waals surface area contributed by atoms with Gasteiger partial charge in [-0.3, -0.25) is 0 Å². The van der Waals surface area contributed by atoms with E-state index in [1.165, 1.54) is 0 Å². The average Bonchev–Trinajstić information content (AvgIpc) is 2.22. The Morgan fingerprint density at radius 2 is 1.75 bits per heavy atom. The van der Waals surface area contributed by atoms with E-state index in [1.54, 1.807) is 0 Å². The first-order valence-corrected chi connectivity index (χ1v) is 10.4. The molecule has 0 spiro atoms. The minimum Gasteiger partial charge on any atom is -0.472 e. The van der Waals surface area contributed by atoms with Crippen LogP contribution >= 0.6 is 0 Å². The molecule has 4 heteroatoms. The van der Waals surface area contributed by atoms with Gasteiger partial charge in [0, 0.05) is 18.9 Å². The van der Waals surface area contributed by atoms with Crippen molar-refractivity contribution in [1.29, 1.82) is 0 Å². The second-order valence-electron chi connectivity index (χ2n) is 7.60. The standard InChI is InChI=1S/C16H30O3Si/c1-15(2,3)20(6,7)13-12-19-16(4,5)11-9-8-10-14(17)18/h9,11-13H2,1-7H3,(H,17,18). The summed E-state index contributed by atoms with van der Waals surface area (Å²) in [5, 5.41) is 8.83. The number of hydrogen-bond acceptors (Lipinski definition) is 2. The van der Waals surface area contributed by atoms with Crippen LogP contribution in [-0.2, 0) is 9.53 Å². The fourth-order valence-electron chi connectivity index (χ4n) is 1.53. The van der Waals surface area contributed by atoms with Crippen LogP contribution in [-0.4, -0.2) is 31.4 Å². The predicted octanol–water partition coefficient (Wildman–Crippen LogP) is 4.16. The Bertz CT molecular complexity index is 381. The van der Waals surface area contributed by atoms with Gasteiger partial charge in [0.25, 0.3) is 0 Å². The van der Waals surface area contributed by atoms with Crippen LogP contribution in [0.5, 0.6) is 0 Å². The third-order valence-corrected chi connectivity index (χ3v) is 9.81. The van der Waals surface area contributed by atoms with Gasteiger partial charge in [0.15, 0.2) is 0 Å². The Labute approximate surface area is 125 Å². The highest BCUT2D eigenvalue weighted by atomic mass is 28.3. The molecule has 0 bridgehead atoms. The molecule has 0 atom stereocenters. The van der Waals surface area contributed by atoms with Gasteiger partial charge in [0.05, 0.1) is 13.7 Å². The molecule has 0 unspecified atom stereocenters. The number of carboxylic acids is 1. The Balaban J connectivity index is 4.18. The van der Waals surface area contributed by atoms with Crippen molar-refractivity contribution >= 4 is 14.0 Å². The van der Waals surface area contributed by atoms with Crippen LogP contribution in [0.2, 0.25) is 24.2 Å². The van der Waals surface area contributed by atoms with Crippen LogP contribution in [0.3, 0.4) is 0 Å². The first kappa shape index (κ1) is 19.2. The van der Waals surface area contributed by atoms with E-state index in [1.807, 2.05) is 13.8 Å². The van der Waals surface area contributed by atoms with Gasteiger partial charge in [-0.05, 0) is 31.4 Å². The quantitative estimate of drug-likeness (QED) is 0.591. The fourth-order valence-corrected chi connectivity index (χ4v) is 2.89. The molecule has 0 fully saturated rings. The van der Waals surface area contributed by atoms with E-state index >= 15 is 0 Å². The third-order valence-electron chi connectivity index (χ3n) is 4.30.